The minimum Gasteiger partial charge on any atom is -0.270 e. The van der Waals surface area contributed by atoms with E-state index in [4.69, 9.17) is 5.84 Å². The molecule has 0 aliphatic heterocycles. The molecule has 1 aromatic rings. The van der Waals surface area contributed by atoms with Crippen LogP contribution < -0.4 is 11.3 Å². The van der Waals surface area contributed by atoms with E-state index in [2.05, 4.69) is 17.3 Å². The van der Waals surface area contributed by atoms with Crippen LogP contribution in [-0.4, -0.2) is 18.1 Å². The molecule has 0 radical (unpaired) electrons. The van der Waals surface area contributed by atoms with E-state index in [1.807, 2.05) is 36.6 Å². The van der Waals surface area contributed by atoms with Gasteiger partial charge in [0.2, 0.25) is 0 Å². The van der Waals surface area contributed by atoms with Crippen molar-refractivity contribution in [2.45, 2.75) is 6.04 Å². The Balaban J connectivity index is 2.61. The summed E-state index contributed by atoms with van der Waals surface area (Å²) < 4.78 is 0. The zero-order chi connectivity index (χ0) is 10.2. The monoisotopic (exact) mass is 206 g/mol. The lowest BCUT2D eigenvalue weighted by Gasteiger charge is -2.05. The van der Waals surface area contributed by atoms with Gasteiger partial charge in [-0.1, -0.05) is 30.0 Å². The summed E-state index contributed by atoms with van der Waals surface area (Å²) in [5, 5.41) is 0. The third-order valence-electron chi connectivity index (χ3n) is 1.70. The van der Waals surface area contributed by atoms with Crippen molar-refractivity contribution in [3.63, 3.8) is 0 Å². The molecule has 1 atom stereocenters. The van der Waals surface area contributed by atoms with Crippen molar-refractivity contribution in [1.29, 1.82) is 0 Å². The van der Waals surface area contributed by atoms with E-state index in [9.17, 15) is 0 Å². The summed E-state index contributed by atoms with van der Waals surface area (Å²) in [7, 11) is 0. The van der Waals surface area contributed by atoms with E-state index in [1.165, 1.54) is 0 Å². The van der Waals surface area contributed by atoms with Crippen LogP contribution in [0.5, 0.6) is 0 Å². The normalized spacial score (nSPS) is 11.6. The molecule has 1 rings (SSSR count). The highest BCUT2D eigenvalue weighted by Gasteiger charge is 1.98. The van der Waals surface area contributed by atoms with Crippen molar-refractivity contribution in [2.24, 2.45) is 5.84 Å². The zero-order valence-corrected chi connectivity index (χ0v) is 8.97. The minimum atomic E-state index is 0.0604. The number of hydrogen-bond acceptors (Lipinski definition) is 3. The molecule has 1 aromatic carbocycles. The molecule has 0 aliphatic carbocycles. The van der Waals surface area contributed by atoms with E-state index in [0.717, 1.165) is 11.3 Å². The van der Waals surface area contributed by atoms with Gasteiger partial charge in [0, 0.05) is 11.3 Å². The fraction of sp³-hybridized carbons (Fsp3) is 0.273. The second-order valence-electron chi connectivity index (χ2n) is 2.81. The highest BCUT2D eigenvalue weighted by Crippen LogP contribution is 1.97. The minimum absolute atomic E-state index is 0.0604. The van der Waals surface area contributed by atoms with Gasteiger partial charge >= 0.3 is 0 Å². The Morgan fingerprint density at radius 1 is 1.43 bits per heavy atom. The zero-order valence-electron chi connectivity index (χ0n) is 8.16. The first-order chi connectivity index (χ1) is 6.86. The van der Waals surface area contributed by atoms with Crippen LogP contribution in [0.2, 0.25) is 0 Å². The maximum absolute atomic E-state index is 5.36. The summed E-state index contributed by atoms with van der Waals surface area (Å²) in [5.41, 5.74) is 3.70. The van der Waals surface area contributed by atoms with Crippen molar-refractivity contribution in [1.82, 2.24) is 5.43 Å². The number of nitrogens with two attached hydrogens (primary N) is 1. The Bertz CT molecular complexity index is 313. The lowest BCUT2D eigenvalue weighted by atomic mass is 10.2. The highest BCUT2D eigenvalue weighted by atomic mass is 32.2. The van der Waals surface area contributed by atoms with E-state index >= 15 is 0 Å². The molecular weight excluding hydrogens is 192 g/mol. The molecular formula is C11H14N2S. The molecule has 14 heavy (non-hydrogen) atoms. The van der Waals surface area contributed by atoms with Crippen LogP contribution in [-0.2, 0) is 0 Å². The molecule has 0 saturated heterocycles. The van der Waals surface area contributed by atoms with Crippen LogP contribution in [0.4, 0.5) is 0 Å². The Labute approximate surface area is 89.2 Å². The molecule has 0 spiro atoms. The van der Waals surface area contributed by atoms with Gasteiger partial charge in [0.25, 0.3) is 0 Å². The van der Waals surface area contributed by atoms with Crippen LogP contribution in [0.3, 0.4) is 0 Å². The van der Waals surface area contributed by atoms with Crippen LogP contribution in [0, 0.1) is 11.8 Å². The highest BCUT2D eigenvalue weighted by molar-refractivity contribution is 7.98. The van der Waals surface area contributed by atoms with Crippen molar-refractivity contribution >= 4 is 11.8 Å². The van der Waals surface area contributed by atoms with Crippen molar-refractivity contribution in [2.75, 3.05) is 12.0 Å². The summed E-state index contributed by atoms with van der Waals surface area (Å²) in [6.07, 6.45) is 2.04. The van der Waals surface area contributed by atoms with Gasteiger partial charge in [0.05, 0.1) is 6.04 Å². The predicted molar refractivity (Wildman–Crippen MR) is 62.8 cm³/mol. The summed E-state index contributed by atoms with van der Waals surface area (Å²) >= 11 is 1.72. The van der Waals surface area contributed by atoms with E-state index < -0.39 is 0 Å². The molecule has 3 N–H and O–H groups in total. The first-order valence-corrected chi connectivity index (χ1v) is 5.78. The largest absolute Gasteiger partial charge is 0.270 e. The number of hydrogen-bond donors (Lipinski definition) is 2. The number of nitrogens with one attached hydrogen (secondary N) is 1. The third kappa shape index (κ3) is 3.84. The fourth-order valence-electron chi connectivity index (χ4n) is 0.990. The van der Waals surface area contributed by atoms with Gasteiger partial charge < -0.3 is 0 Å². The van der Waals surface area contributed by atoms with E-state index in [1.54, 1.807) is 11.8 Å². The van der Waals surface area contributed by atoms with Gasteiger partial charge in [0.15, 0.2) is 0 Å². The first-order valence-electron chi connectivity index (χ1n) is 4.38. The average molecular weight is 206 g/mol. The fourth-order valence-corrected chi connectivity index (χ4v) is 1.50. The molecule has 0 heterocycles. The second kappa shape index (κ2) is 6.50. The van der Waals surface area contributed by atoms with E-state index in [0.29, 0.717) is 0 Å². The first kappa shape index (κ1) is 11.1. The molecule has 74 valence electrons. The number of benzene rings is 1. The lowest BCUT2D eigenvalue weighted by Crippen LogP contribution is -2.35. The van der Waals surface area contributed by atoms with Gasteiger partial charge in [0.1, 0.15) is 0 Å². The van der Waals surface area contributed by atoms with Crippen molar-refractivity contribution < 1.29 is 0 Å². The Hall–Kier alpha value is -0.950. The summed E-state index contributed by atoms with van der Waals surface area (Å²) in [4.78, 5) is 0. The van der Waals surface area contributed by atoms with E-state index in [-0.39, 0.29) is 6.04 Å². The average Bonchev–Trinajstić information content (AvgIpc) is 2.25. The molecule has 0 aromatic heterocycles. The topological polar surface area (TPSA) is 38.0 Å². The van der Waals surface area contributed by atoms with Gasteiger partial charge in [-0.3, -0.25) is 5.84 Å². The van der Waals surface area contributed by atoms with Crippen LogP contribution in [0.1, 0.15) is 5.56 Å². The van der Waals surface area contributed by atoms with Crippen molar-refractivity contribution in [3.05, 3.63) is 35.9 Å². The lowest BCUT2D eigenvalue weighted by molar-refractivity contribution is 0.694. The van der Waals surface area contributed by atoms with Gasteiger partial charge in [-0.2, -0.15) is 11.8 Å². The van der Waals surface area contributed by atoms with Gasteiger partial charge in [-0.15, -0.1) is 0 Å². The molecule has 1 unspecified atom stereocenters. The van der Waals surface area contributed by atoms with Gasteiger partial charge in [-0.05, 0) is 18.4 Å². The van der Waals surface area contributed by atoms with Crippen molar-refractivity contribution in [3.8, 4) is 11.8 Å². The SMILES string of the molecule is CSCC(C#Cc1ccccc1)NN. The van der Waals surface area contributed by atoms with Crippen LogP contribution in [0.15, 0.2) is 30.3 Å². The Kier molecular flexibility index (Phi) is 5.16. The molecule has 0 aliphatic rings. The Morgan fingerprint density at radius 3 is 2.71 bits per heavy atom. The molecule has 2 nitrogen and oxygen atoms in total. The molecule has 0 bridgehead atoms. The molecule has 0 amide bonds. The number of rotatable bonds is 3. The maximum Gasteiger partial charge on any atom is 0.0911 e. The maximum atomic E-state index is 5.36. The Morgan fingerprint density at radius 2 is 2.14 bits per heavy atom. The second-order valence-corrected chi connectivity index (χ2v) is 3.72. The summed E-state index contributed by atoms with van der Waals surface area (Å²) in [6.45, 7) is 0. The summed E-state index contributed by atoms with van der Waals surface area (Å²) in [5.74, 6) is 12.4. The predicted octanol–water partition coefficient (Wildman–Crippen LogP) is 1.23. The number of hydrazine groups is 1. The standard InChI is InChI=1S/C11H14N2S/c1-14-9-11(13-12)8-7-10-5-3-2-4-6-10/h2-6,11,13H,9,12H2,1H3. The molecule has 3 heteroatoms. The quantitative estimate of drug-likeness (QED) is 0.444. The van der Waals surface area contributed by atoms with Crippen LogP contribution in [0.25, 0.3) is 0 Å². The third-order valence-corrected chi connectivity index (χ3v) is 2.37. The molecule has 0 saturated carbocycles. The molecule has 0 fully saturated rings. The summed E-state index contributed by atoms with van der Waals surface area (Å²) in [6, 6.07) is 9.96. The van der Waals surface area contributed by atoms with Gasteiger partial charge in [-0.25, -0.2) is 5.43 Å². The van der Waals surface area contributed by atoms with Crippen LogP contribution >= 0.6 is 11.8 Å². The smallest absolute Gasteiger partial charge is 0.0911 e. The number of thioether (sulfide) groups is 1.